The maximum atomic E-state index is 8.97. The fourth-order valence-corrected chi connectivity index (χ4v) is 2.53. The molecule has 0 radical (unpaired) electrons. The molecular formula is C8H11ClN2OS. The Bertz CT molecular complexity index is 291. The lowest BCUT2D eigenvalue weighted by Crippen LogP contribution is -2.20. The van der Waals surface area contributed by atoms with Crippen molar-refractivity contribution in [1.82, 2.24) is 4.98 Å². The zero-order valence-electron chi connectivity index (χ0n) is 7.11. The van der Waals surface area contributed by atoms with E-state index in [9.17, 15) is 0 Å². The van der Waals surface area contributed by atoms with Crippen LogP contribution in [0.15, 0.2) is 5.38 Å². The molecule has 1 N–H and O–H groups in total. The van der Waals surface area contributed by atoms with Gasteiger partial charge in [-0.3, -0.25) is 0 Å². The Labute approximate surface area is 86.0 Å². The van der Waals surface area contributed by atoms with Gasteiger partial charge in [0.1, 0.15) is 5.15 Å². The van der Waals surface area contributed by atoms with Gasteiger partial charge in [0.2, 0.25) is 0 Å². The van der Waals surface area contributed by atoms with Crippen molar-refractivity contribution in [2.45, 2.75) is 6.42 Å². The molecular weight excluding hydrogens is 208 g/mol. The molecule has 0 amide bonds. The summed E-state index contributed by atoms with van der Waals surface area (Å²) in [4.78, 5) is 6.37. The minimum atomic E-state index is 0.273. The molecule has 0 aliphatic carbocycles. The molecule has 0 bridgehead atoms. The Kier molecular flexibility index (Phi) is 2.71. The summed E-state index contributed by atoms with van der Waals surface area (Å²) in [5.74, 6) is 0.405. The molecule has 0 aromatic carbocycles. The Balaban J connectivity index is 2.03. The molecule has 0 spiro atoms. The molecule has 13 heavy (non-hydrogen) atoms. The zero-order valence-corrected chi connectivity index (χ0v) is 8.68. The van der Waals surface area contributed by atoms with Crippen molar-refractivity contribution in [3.05, 3.63) is 10.5 Å². The van der Waals surface area contributed by atoms with E-state index in [0.29, 0.717) is 11.1 Å². The molecule has 1 unspecified atom stereocenters. The van der Waals surface area contributed by atoms with Crippen molar-refractivity contribution in [3.8, 4) is 0 Å². The summed E-state index contributed by atoms with van der Waals surface area (Å²) in [5.41, 5.74) is 0. The second-order valence-electron chi connectivity index (χ2n) is 3.24. The number of halogens is 1. The van der Waals surface area contributed by atoms with Gasteiger partial charge in [-0.25, -0.2) is 4.98 Å². The van der Waals surface area contributed by atoms with E-state index in [2.05, 4.69) is 9.88 Å². The fourth-order valence-electron chi connectivity index (χ4n) is 1.55. The summed E-state index contributed by atoms with van der Waals surface area (Å²) in [5, 5.41) is 12.3. The molecule has 72 valence electrons. The molecule has 0 saturated carbocycles. The molecule has 3 nitrogen and oxygen atoms in total. The number of aliphatic hydroxyl groups is 1. The van der Waals surface area contributed by atoms with E-state index in [1.807, 2.05) is 5.38 Å². The van der Waals surface area contributed by atoms with Crippen LogP contribution in [0.4, 0.5) is 5.13 Å². The van der Waals surface area contributed by atoms with Gasteiger partial charge in [0.25, 0.3) is 0 Å². The van der Waals surface area contributed by atoms with Crippen LogP contribution in [0.3, 0.4) is 0 Å². The van der Waals surface area contributed by atoms with Crippen molar-refractivity contribution in [1.29, 1.82) is 0 Å². The number of aliphatic hydroxyl groups excluding tert-OH is 1. The molecule has 2 rings (SSSR count). The van der Waals surface area contributed by atoms with Crippen LogP contribution in [-0.2, 0) is 0 Å². The third-order valence-corrected chi connectivity index (χ3v) is 3.50. The fraction of sp³-hybridized carbons (Fsp3) is 0.625. The first-order valence-corrected chi connectivity index (χ1v) is 5.52. The van der Waals surface area contributed by atoms with E-state index in [-0.39, 0.29) is 6.61 Å². The highest BCUT2D eigenvalue weighted by atomic mass is 35.5. The van der Waals surface area contributed by atoms with E-state index in [1.54, 1.807) is 11.3 Å². The predicted octanol–water partition coefficient (Wildman–Crippen LogP) is 1.62. The smallest absolute Gasteiger partial charge is 0.186 e. The number of anilines is 1. The van der Waals surface area contributed by atoms with Crippen LogP contribution < -0.4 is 4.90 Å². The summed E-state index contributed by atoms with van der Waals surface area (Å²) in [7, 11) is 0. The standard InChI is InChI=1S/C8H11ClN2OS/c9-7-5-13-8(10-7)11-2-1-6(3-11)4-12/h5-6,12H,1-4H2. The minimum absolute atomic E-state index is 0.273. The highest BCUT2D eigenvalue weighted by Gasteiger charge is 2.23. The van der Waals surface area contributed by atoms with Gasteiger partial charge in [-0.05, 0) is 6.42 Å². The van der Waals surface area contributed by atoms with Gasteiger partial charge >= 0.3 is 0 Å². The Morgan fingerprint density at radius 1 is 1.77 bits per heavy atom. The Morgan fingerprint density at radius 3 is 3.15 bits per heavy atom. The van der Waals surface area contributed by atoms with Crippen LogP contribution in [0.5, 0.6) is 0 Å². The second kappa shape index (κ2) is 3.82. The number of nitrogens with zero attached hydrogens (tertiary/aromatic N) is 2. The number of hydrogen-bond acceptors (Lipinski definition) is 4. The topological polar surface area (TPSA) is 36.4 Å². The van der Waals surface area contributed by atoms with E-state index in [4.69, 9.17) is 16.7 Å². The molecule has 1 fully saturated rings. The van der Waals surface area contributed by atoms with Crippen molar-refractivity contribution >= 4 is 28.1 Å². The first kappa shape index (κ1) is 9.24. The molecule has 1 atom stereocenters. The van der Waals surface area contributed by atoms with Gasteiger partial charge in [-0.2, -0.15) is 0 Å². The largest absolute Gasteiger partial charge is 0.396 e. The van der Waals surface area contributed by atoms with Gasteiger partial charge in [0.05, 0.1) is 0 Å². The first-order chi connectivity index (χ1) is 6.29. The third-order valence-electron chi connectivity index (χ3n) is 2.28. The lowest BCUT2D eigenvalue weighted by Gasteiger charge is -2.13. The molecule has 1 aliphatic rings. The number of aromatic nitrogens is 1. The molecule has 1 aliphatic heterocycles. The van der Waals surface area contributed by atoms with Crippen LogP contribution in [-0.4, -0.2) is 29.8 Å². The van der Waals surface area contributed by atoms with Gasteiger partial charge in [-0.1, -0.05) is 11.6 Å². The Morgan fingerprint density at radius 2 is 2.62 bits per heavy atom. The van der Waals surface area contributed by atoms with Gasteiger partial charge in [0, 0.05) is 31.0 Å². The quantitative estimate of drug-likeness (QED) is 0.820. The van der Waals surface area contributed by atoms with E-state index >= 15 is 0 Å². The van der Waals surface area contributed by atoms with E-state index in [1.165, 1.54) is 0 Å². The van der Waals surface area contributed by atoms with Crippen molar-refractivity contribution < 1.29 is 5.11 Å². The van der Waals surface area contributed by atoms with Crippen molar-refractivity contribution in [3.63, 3.8) is 0 Å². The minimum Gasteiger partial charge on any atom is -0.396 e. The summed E-state index contributed by atoms with van der Waals surface area (Å²) >= 11 is 7.29. The van der Waals surface area contributed by atoms with Gasteiger partial charge in [-0.15, -0.1) is 11.3 Å². The second-order valence-corrected chi connectivity index (χ2v) is 4.46. The van der Waals surface area contributed by atoms with Crippen LogP contribution in [0.2, 0.25) is 5.15 Å². The molecule has 1 aromatic rings. The molecule has 1 aromatic heterocycles. The summed E-state index contributed by atoms with van der Waals surface area (Å²) in [6.45, 7) is 2.16. The number of rotatable bonds is 2. The van der Waals surface area contributed by atoms with E-state index < -0.39 is 0 Å². The Hall–Kier alpha value is -0.320. The van der Waals surface area contributed by atoms with Gasteiger partial charge in [0.15, 0.2) is 5.13 Å². The normalized spacial score (nSPS) is 22.6. The lowest BCUT2D eigenvalue weighted by molar-refractivity contribution is 0.238. The number of thiazole rings is 1. The maximum absolute atomic E-state index is 8.97. The zero-order chi connectivity index (χ0) is 9.26. The maximum Gasteiger partial charge on any atom is 0.186 e. The monoisotopic (exact) mass is 218 g/mol. The van der Waals surface area contributed by atoms with Crippen LogP contribution >= 0.6 is 22.9 Å². The van der Waals surface area contributed by atoms with Crippen LogP contribution in [0, 0.1) is 5.92 Å². The summed E-state index contributed by atoms with van der Waals surface area (Å²) in [6.07, 6.45) is 1.05. The average Bonchev–Trinajstić information content (AvgIpc) is 2.71. The lowest BCUT2D eigenvalue weighted by atomic mass is 10.1. The molecule has 2 heterocycles. The van der Waals surface area contributed by atoms with Crippen molar-refractivity contribution in [2.24, 2.45) is 5.92 Å². The van der Waals surface area contributed by atoms with Gasteiger partial charge < -0.3 is 10.0 Å². The number of hydrogen-bond donors (Lipinski definition) is 1. The van der Waals surface area contributed by atoms with Crippen LogP contribution in [0.25, 0.3) is 0 Å². The molecule has 5 heteroatoms. The summed E-state index contributed by atoms with van der Waals surface area (Å²) in [6, 6.07) is 0. The average molecular weight is 219 g/mol. The third kappa shape index (κ3) is 1.95. The first-order valence-electron chi connectivity index (χ1n) is 4.26. The highest BCUT2D eigenvalue weighted by Crippen LogP contribution is 2.28. The molecule has 1 saturated heterocycles. The SMILES string of the molecule is OCC1CCN(c2nc(Cl)cs2)C1. The predicted molar refractivity (Wildman–Crippen MR) is 54.5 cm³/mol. The summed E-state index contributed by atoms with van der Waals surface area (Å²) < 4.78 is 0. The van der Waals surface area contributed by atoms with E-state index in [0.717, 1.165) is 24.6 Å². The van der Waals surface area contributed by atoms with Crippen molar-refractivity contribution in [2.75, 3.05) is 24.6 Å². The van der Waals surface area contributed by atoms with Crippen LogP contribution in [0.1, 0.15) is 6.42 Å². The highest BCUT2D eigenvalue weighted by molar-refractivity contribution is 7.14.